The maximum Gasteiger partial charge on any atom is 0.219 e. The fourth-order valence-electron chi connectivity index (χ4n) is 2.56. The average Bonchev–Trinajstić information content (AvgIpc) is 2.89. The Balaban J connectivity index is 0.00000180. The van der Waals surface area contributed by atoms with Crippen molar-refractivity contribution in [2.45, 2.75) is 25.8 Å². The minimum atomic E-state index is 0. The van der Waals surface area contributed by atoms with Crippen LogP contribution in [0, 0.1) is 0 Å². The topological polar surface area (TPSA) is 23.6 Å². The molecule has 1 aliphatic heterocycles. The third kappa shape index (κ3) is 4.22. The number of likely N-dealkylation sites (N-methyl/N-ethyl adjacent to an activating group) is 1. The highest BCUT2D eigenvalue weighted by Crippen LogP contribution is 2.22. The lowest BCUT2D eigenvalue weighted by Crippen LogP contribution is -2.37. The molecule has 106 valence electrons. The summed E-state index contributed by atoms with van der Waals surface area (Å²) in [6.45, 7) is 4.91. The standard InChI is InChI=1S/C15H22N2O.ClH/c1-13(18)16(2)15(12-17-10-6-7-11-17)14-8-4-3-5-9-14;/h3-5,8-9,15H,6-7,10-12H2,1-2H3;1H/t15-;/m1./s1. The summed E-state index contributed by atoms with van der Waals surface area (Å²) < 4.78 is 0. The van der Waals surface area contributed by atoms with Crippen molar-refractivity contribution >= 4 is 18.3 Å². The van der Waals surface area contributed by atoms with E-state index >= 15 is 0 Å². The molecule has 1 amide bonds. The third-order valence-corrected chi connectivity index (χ3v) is 3.78. The highest BCUT2D eigenvalue weighted by molar-refractivity contribution is 5.85. The first kappa shape index (κ1) is 16.0. The van der Waals surface area contributed by atoms with Crippen molar-refractivity contribution < 1.29 is 4.79 Å². The van der Waals surface area contributed by atoms with Gasteiger partial charge in [0, 0.05) is 20.5 Å². The monoisotopic (exact) mass is 282 g/mol. The number of carbonyl (C=O) groups excluding carboxylic acids is 1. The van der Waals surface area contributed by atoms with E-state index in [-0.39, 0.29) is 24.4 Å². The van der Waals surface area contributed by atoms with E-state index in [0.717, 1.165) is 19.6 Å². The predicted octanol–water partition coefficient (Wildman–Crippen LogP) is 2.72. The zero-order chi connectivity index (χ0) is 13.0. The second kappa shape index (κ2) is 7.51. The van der Waals surface area contributed by atoms with Crippen molar-refractivity contribution in [2.75, 3.05) is 26.7 Å². The molecule has 4 heteroatoms. The Labute approximate surface area is 122 Å². The Hall–Kier alpha value is -1.06. The zero-order valence-electron chi connectivity index (χ0n) is 11.7. The minimum absolute atomic E-state index is 0. The number of benzene rings is 1. The maximum atomic E-state index is 11.6. The first-order chi connectivity index (χ1) is 8.68. The Morgan fingerprint density at radius 1 is 1.26 bits per heavy atom. The smallest absolute Gasteiger partial charge is 0.219 e. The van der Waals surface area contributed by atoms with Crippen LogP contribution in [0.25, 0.3) is 0 Å². The minimum Gasteiger partial charge on any atom is -0.338 e. The summed E-state index contributed by atoms with van der Waals surface area (Å²) in [5.41, 5.74) is 1.22. The van der Waals surface area contributed by atoms with Crippen molar-refractivity contribution in [1.82, 2.24) is 9.80 Å². The highest BCUT2D eigenvalue weighted by atomic mass is 35.5. The summed E-state index contributed by atoms with van der Waals surface area (Å²) in [7, 11) is 1.90. The molecule has 1 atom stereocenters. The fraction of sp³-hybridized carbons (Fsp3) is 0.533. The molecule has 3 nitrogen and oxygen atoms in total. The van der Waals surface area contributed by atoms with Crippen LogP contribution < -0.4 is 0 Å². The second-order valence-electron chi connectivity index (χ2n) is 5.06. The van der Waals surface area contributed by atoms with Gasteiger partial charge in [-0.25, -0.2) is 0 Å². The molecule has 0 bridgehead atoms. The van der Waals surface area contributed by atoms with E-state index < -0.39 is 0 Å². The summed E-state index contributed by atoms with van der Waals surface area (Å²) in [4.78, 5) is 15.9. The van der Waals surface area contributed by atoms with Crippen LogP contribution in [0.4, 0.5) is 0 Å². The number of likely N-dealkylation sites (tertiary alicyclic amines) is 1. The van der Waals surface area contributed by atoms with E-state index in [1.807, 2.05) is 30.1 Å². The molecule has 0 N–H and O–H groups in total. The van der Waals surface area contributed by atoms with Gasteiger partial charge < -0.3 is 9.80 Å². The molecule has 1 fully saturated rings. The van der Waals surface area contributed by atoms with Gasteiger partial charge in [0.15, 0.2) is 0 Å². The number of nitrogens with zero attached hydrogens (tertiary/aromatic N) is 2. The first-order valence-electron chi connectivity index (χ1n) is 6.69. The summed E-state index contributed by atoms with van der Waals surface area (Å²) in [6, 6.07) is 10.5. The van der Waals surface area contributed by atoms with Gasteiger partial charge in [0.2, 0.25) is 5.91 Å². The van der Waals surface area contributed by atoms with Gasteiger partial charge in [0.25, 0.3) is 0 Å². The number of amides is 1. The zero-order valence-corrected chi connectivity index (χ0v) is 12.5. The van der Waals surface area contributed by atoms with Crippen LogP contribution in [0.15, 0.2) is 30.3 Å². The largest absolute Gasteiger partial charge is 0.338 e. The molecule has 0 saturated carbocycles. The van der Waals surface area contributed by atoms with E-state index in [2.05, 4.69) is 17.0 Å². The molecule has 1 saturated heterocycles. The van der Waals surface area contributed by atoms with Gasteiger partial charge in [-0.1, -0.05) is 30.3 Å². The van der Waals surface area contributed by atoms with Crippen LogP contribution >= 0.6 is 12.4 Å². The summed E-state index contributed by atoms with van der Waals surface area (Å²) in [5, 5.41) is 0. The molecule has 1 aromatic carbocycles. The lowest BCUT2D eigenvalue weighted by molar-refractivity contribution is -0.130. The molecule has 0 aromatic heterocycles. The van der Waals surface area contributed by atoms with Crippen LogP contribution in [0.3, 0.4) is 0 Å². The van der Waals surface area contributed by atoms with Crippen LogP contribution in [0.5, 0.6) is 0 Å². The maximum absolute atomic E-state index is 11.6. The SMILES string of the molecule is CC(=O)N(C)[C@H](CN1CCCC1)c1ccccc1.Cl. The van der Waals surface area contributed by atoms with E-state index in [1.54, 1.807) is 6.92 Å². The Morgan fingerprint density at radius 3 is 2.37 bits per heavy atom. The van der Waals surface area contributed by atoms with Gasteiger partial charge in [-0.2, -0.15) is 0 Å². The highest BCUT2D eigenvalue weighted by Gasteiger charge is 2.23. The van der Waals surface area contributed by atoms with Gasteiger partial charge in [-0.3, -0.25) is 4.79 Å². The Kier molecular flexibility index (Phi) is 6.32. The molecule has 2 rings (SSSR count). The van der Waals surface area contributed by atoms with Crippen LogP contribution in [-0.2, 0) is 4.79 Å². The predicted molar refractivity (Wildman–Crippen MR) is 80.5 cm³/mol. The molecular weight excluding hydrogens is 260 g/mol. The quantitative estimate of drug-likeness (QED) is 0.848. The summed E-state index contributed by atoms with van der Waals surface area (Å²) in [6.07, 6.45) is 2.57. The van der Waals surface area contributed by atoms with Crippen molar-refractivity contribution in [3.8, 4) is 0 Å². The lowest BCUT2D eigenvalue weighted by atomic mass is 10.1. The van der Waals surface area contributed by atoms with Crippen LogP contribution in [0.1, 0.15) is 31.4 Å². The first-order valence-corrected chi connectivity index (χ1v) is 6.69. The van der Waals surface area contributed by atoms with E-state index in [9.17, 15) is 4.79 Å². The molecule has 0 radical (unpaired) electrons. The van der Waals surface area contributed by atoms with Crippen molar-refractivity contribution in [3.63, 3.8) is 0 Å². The lowest BCUT2D eigenvalue weighted by Gasteiger charge is -2.31. The third-order valence-electron chi connectivity index (χ3n) is 3.78. The number of halogens is 1. The number of rotatable bonds is 4. The van der Waals surface area contributed by atoms with Gasteiger partial charge in [-0.05, 0) is 31.5 Å². The second-order valence-corrected chi connectivity index (χ2v) is 5.06. The number of carbonyl (C=O) groups is 1. The fourth-order valence-corrected chi connectivity index (χ4v) is 2.56. The van der Waals surface area contributed by atoms with Crippen LogP contribution in [-0.4, -0.2) is 42.4 Å². The molecule has 0 spiro atoms. The summed E-state index contributed by atoms with van der Waals surface area (Å²) >= 11 is 0. The number of hydrogen-bond donors (Lipinski definition) is 0. The van der Waals surface area contributed by atoms with E-state index in [1.165, 1.54) is 18.4 Å². The van der Waals surface area contributed by atoms with E-state index in [4.69, 9.17) is 0 Å². The number of hydrogen-bond acceptors (Lipinski definition) is 2. The molecule has 1 aromatic rings. The van der Waals surface area contributed by atoms with Crippen molar-refractivity contribution in [3.05, 3.63) is 35.9 Å². The Bertz CT molecular complexity index is 390. The normalized spacial score (nSPS) is 16.7. The molecule has 1 heterocycles. The Morgan fingerprint density at radius 2 is 1.84 bits per heavy atom. The molecular formula is C15H23ClN2O. The summed E-state index contributed by atoms with van der Waals surface area (Å²) in [5.74, 6) is 0.128. The molecule has 0 aliphatic carbocycles. The van der Waals surface area contributed by atoms with E-state index in [0.29, 0.717) is 0 Å². The van der Waals surface area contributed by atoms with Gasteiger partial charge in [0.05, 0.1) is 6.04 Å². The molecule has 1 aliphatic rings. The molecule has 19 heavy (non-hydrogen) atoms. The van der Waals surface area contributed by atoms with Crippen LogP contribution in [0.2, 0.25) is 0 Å². The molecule has 0 unspecified atom stereocenters. The van der Waals surface area contributed by atoms with Crippen molar-refractivity contribution in [1.29, 1.82) is 0 Å². The van der Waals surface area contributed by atoms with Gasteiger partial charge in [0.1, 0.15) is 0 Å². The van der Waals surface area contributed by atoms with Gasteiger partial charge >= 0.3 is 0 Å². The van der Waals surface area contributed by atoms with Gasteiger partial charge in [-0.15, -0.1) is 12.4 Å². The van der Waals surface area contributed by atoms with Crippen molar-refractivity contribution in [2.24, 2.45) is 0 Å². The average molecular weight is 283 g/mol.